The van der Waals surface area contributed by atoms with E-state index >= 15 is 0 Å². The third-order valence-electron chi connectivity index (χ3n) is 0.866. The first-order valence-electron chi connectivity index (χ1n) is 2.31. The second kappa shape index (κ2) is 5.10. The molecular formula is C4H8Cl2S2. The molecule has 1 unspecified atom stereocenters. The van der Waals surface area contributed by atoms with Crippen molar-refractivity contribution in [1.82, 2.24) is 0 Å². The lowest BCUT2D eigenvalue weighted by Crippen LogP contribution is -3.00. The minimum atomic E-state index is 0. The highest BCUT2D eigenvalue weighted by Gasteiger charge is 2.19. The van der Waals surface area contributed by atoms with Crippen molar-refractivity contribution in [3.05, 3.63) is 0 Å². The van der Waals surface area contributed by atoms with Crippen LogP contribution in [-0.4, -0.2) is 16.6 Å². The van der Waals surface area contributed by atoms with Crippen molar-refractivity contribution in [2.24, 2.45) is 0 Å². The molecule has 4 heteroatoms. The number of rotatable bonds is 0. The monoisotopic (exact) mass is 190 g/mol. The Balaban J connectivity index is 0.000000490. The van der Waals surface area contributed by atoms with Crippen LogP contribution in [0.3, 0.4) is 0 Å². The predicted molar refractivity (Wildman–Crippen MR) is 40.0 cm³/mol. The summed E-state index contributed by atoms with van der Waals surface area (Å²) in [5, 5.41) is 1.20. The molecule has 0 bridgehead atoms. The van der Waals surface area contributed by atoms with E-state index in [0.29, 0.717) is 0 Å². The molecule has 0 aromatic carbocycles. The summed E-state index contributed by atoms with van der Waals surface area (Å²) < 4.78 is 0. The molecule has 1 saturated heterocycles. The number of halogens is 2. The average molecular weight is 191 g/mol. The smallest absolute Gasteiger partial charge is 0.176 e. The van der Waals surface area contributed by atoms with Crippen LogP contribution < -0.4 is 12.4 Å². The summed E-state index contributed by atoms with van der Waals surface area (Å²) in [7, 11) is 6.07. The van der Waals surface area contributed by atoms with Gasteiger partial charge in [0, 0.05) is 12.2 Å². The molecule has 0 aliphatic carbocycles. The third-order valence-corrected chi connectivity index (χ3v) is 5.13. The molecule has 0 nitrogen and oxygen atoms in total. The molecule has 0 spiro atoms. The van der Waals surface area contributed by atoms with Crippen molar-refractivity contribution in [3.63, 3.8) is 0 Å². The summed E-state index contributed by atoms with van der Waals surface area (Å²) in [5.41, 5.74) is 0. The Bertz CT molecular complexity index is 54.0. The highest BCUT2D eigenvalue weighted by atomic mass is 35.7. The summed E-state index contributed by atoms with van der Waals surface area (Å²) in [6, 6.07) is 0. The first-order valence-corrected chi connectivity index (χ1v) is 5.85. The lowest BCUT2D eigenvalue weighted by atomic mass is 10.6. The van der Waals surface area contributed by atoms with Crippen molar-refractivity contribution in [3.8, 4) is 0 Å². The van der Waals surface area contributed by atoms with Crippen LogP contribution >= 0.6 is 22.4 Å². The van der Waals surface area contributed by atoms with Crippen LogP contribution in [0.1, 0.15) is 6.42 Å². The number of hydrogen-bond donors (Lipinski definition) is 0. The van der Waals surface area contributed by atoms with Gasteiger partial charge in [-0.15, -0.1) is 11.8 Å². The van der Waals surface area contributed by atoms with Gasteiger partial charge >= 0.3 is 0 Å². The number of hydrogen-bond acceptors (Lipinski definition) is 1. The van der Waals surface area contributed by atoms with E-state index in [1.165, 1.54) is 23.0 Å². The lowest BCUT2D eigenvalue weighted by Gasteiger charge is -2.03. The van der Waals surface area contributed by atoms with Gasteiger partial charge < -0.3 is 12.4 Å². The van der Waals surface area contributed by atoms with Crippen LogP contribution in [0.25, 0.3) is 0 Å². The predicted octanol–water partition coefficient (Wildman–Crippen LogP) is -1.14. The van der Waals surface area contributed by atoms with E-state index in [0.717, 1.165) is 0 Å². The Kier molecular flexibility index (Phi) is 5.91. The molecule has 1 atom stereocenters. The second-order valence-electron chi connectivity index (χ2n) is 1.51. The molecule has 1 fully saturated rings. The fourth-order valence-corrected chi connectivity index (χ4v) is 4.08. The molecule has 8 heavy (non-hydrogen) atoms. The van der Waals surface area contributed by atoms with Crippen molar-refractivity contribution in [2.75, 3.05) is 16.6 Å². The summed E-state index contributed by atoms with van der Waals surface area (Å²) >= 11 is 1.98. The van der Waals surface area contributed by atoms with Crippen LogP contribution in [0.2, 0.25) is 0 Å². The Labute approximate surface area is 68.0 Å². The van der Waals surface area contributed by atoms with Crippen LogP contribution in [-0.2, 0) is 10.1 Å². The van der Waals surface area contributed by atoms with Gasteiger partial charge in [0.1, 0.15) is 15.9 Å². The van der Waals surface area contributed by atoms with E-state index in [9.17, 15) is 0 Å². The summed E-state index contributed by atoms with van der Waals surface area (Å²) in [5.74, 6) is 2.59. The first-order chi connectivity index (χ1) is 3.39. The molecule has 1 aliphatic heterocycles. The van der Waals surface area contributed by atoms with E-state index in [4.69, 9.17) is 10.7 Å². The van der Waals surface area contributed by atoms with E-state index in [1.807, 2.05) is 11.8 Å². The molecule has 0 N–H and O–H groups in total. The number of thioether (sulfide) groups is 1. The molecule has 0 aromatic heterocycles. The summed E-state index contributed by atoms with van der Waals surface area (Å²) in [4.78, 5) is 0. The highest BCUT2D eigenvalue weighted by Crippen LogP contribution is 2.20. The normalized spacial score (nSPS) is 28.9. The molecule has 0 aromatic rings. The average Bonchev–Trinajstić information content (AvgIpc) is 1.69. The topological polar surface area (TPSA) is 0 Å². The zero-order valence-corrected chi connectivity index (χ0v) is 7.55. The van der Waals surface area contributed by atoms with Gasteiger partial charge in [-0.1, -0.05) is 0 Å². The van der Waals surface area contributed by atoms with Crippen LogP contribution in [0.4, 0.5) is 0 Å². The third kappa shape index (κ3) is 3.33. The van der Waals surface area contributed by atoms with Gasteiger partial charge in [-0.05, 0) is 0 Å². The highest BCUT2D eigenvalue weighted by molar-refractivity contribution is 8.27. The Morgan fingerprint density at radius 2 is 2.25 bits per heavy atom. The van der Waals surface area contributed by atoms with Crippen LogP contribution in [0, 0.1) is 0 Å². The SMILES string of the molecule is Cl[S+]1CCCSC1.[Cl-]. The van der Waals surface area contributed by atoms with Gasteiger partial charge in [-0.3, -0.25) is 0 Å². The van der Waals surface area contributed by atoms with Crippen molar-refractivity contribution in [1.29, 1.82) is 0 Å². The second-order valence-corrected chi connectivity index (χ2v) is 5.83. The van der Waals surface area contributed by atoms with E-state index in [-0.39, 0.29) is 22.5 Å². The van der Waals surface area contributed by atoms with E-state index < -0.39 is 0 Å². The minimum Gasteiger partial charge on any atom is -1.00 e. The molecule has 1 heterocycles. The maximum atomic E-state index is 5.82. The molecule has 0 saturated carbocycles. The maximum Gasteiger partial charge on any atom is 0.176 e. The standard InChI is InChI=1S/C4H8ClS2.ClH/c5-7-3-1-2-6-4-7;/h1-4H2;1H/q+1;/p-1. The lowest BCUT2D eigenvalue weighted by molar-refractivity contribution is -0.00000132. The minimum absolute atomic E-state index is 0. The van der Waals surface area contributed by atoms with Gasteiger partial charge in [-0.2, -0.15) is 0 Å². The molecule has 50 valence electrons. The quantitative estimate of drug-likeness (QED) is 0.436. The Hall–Kier alpha value is 1.28. The van der Waals surface area contributed by atoms with Crippen LogP contribution in [0.5, 0.6) is 0 Å². The summed E-state index contributed by atoms with van der Waals surface area (Å²) in [6.07, 6.45) is 1.33. The molecule has 1 rings (SSSR count). The van der Waals surface area contributed by atoms with Gasteiger partial charge in [0.25, 0.3) is 0 Å². The van der Waals surface area contributed by atoms with Crippen molar-refractivity contribution in [2.45, 2.75) is 6.42 Å². The van der Waals surface area contributed by atoms with Crippen molar-refractivity contribution >= 4 is 32.6 Å². The Morgan fingerprint density at radius 3 is 2.50 bits per heavy atom. The fraction of sp³-hybridized carbons (Fsp3) is 1.00. The van der Waals surface area contributed by atoms with E-state index in [1.54, 1.807) is 0 Å². The maximum absolute atomic E-state index is 5.82. The zero-order valence-electron chi connectivity index (χ0n) is 4.40. The molecule has 0 radical (unpaired) electrons. The zero-order chi connectivity index (χ0) is 5.11. The van der Waals surface area contributed by atoms with Gasteiger partial charge in [0.2, 0.25) is 0 Å². The first kappa shape index (κ1) is 9.28. The van der Waals surface area contributed by atoms with E-state index in [2.05, 4.69) is 0 Å². The van der Waals surface area contributed by atoms with Gasteiger partial charge in [-0.25, -0.2) is 0 Å². The van der Waals surface area contributed by atoms with Crippen LogP contribution in [0.15, 0.2) is 0 Å². The molecule has 1 aliphatic rings. The Morgan fingerprint density at radius 1 is 1.50 bits per heavy atom. The summed E-state index contributed by atoms with van der Waals surface area (Å²) in [6.45, 7) is 0. The molecule has 0 amide bonds. The molecular weight excluding hydrogens is 183 g/mol. The largest absolute Gasteiger partial charge is 1.00 e. The van der Waals surface area contributed by atoms with Crippen molar-refractivity contribution < 1.29 is 12.4 Å². The fourth-order valence-electron chi connectivity index (χ4n) is 0.526. The van der Waals surface area contributed by atoms with Gasteiger partial charge in [0.05, 0.1) is 0 Å². The van der Waals surface area contributed by atoms with Gasteiger partial charge in [0.15, 0.2) is 15.8 Å².